The topological polar surface area (TPSA) is 47.9 Å². The van der Waals surface area contributed by atoms with Crippen molar-refractivity contribution < 1.29 is 63.2 Å². The Morgan fingerprint density at radius 3 is 2.00 bits per heavy atom. The molecule has 2 aliphatic heterocycles. The van der Waals surface area contributed by atoms with Crippen LogP contribution in [0.25, 0.3) is 0 Å². The SMILES string of the molecule is C[C@H]1CCOC(OCC2(C)CCOC(O)(C(F)(F)F)C2(F)F)(C(F)(F)F)C1(F)F. The lowest BCUT2D eigenvalue weighted by molar-refractivity contribution is -0.488. The van der Waals surface area contributed by atoms with Crippen molar-refractivity contribution in [2.45, 2.75) is 62.5 Å². The Kier molecular flexibility index (Phi) is 5.74. The van der Waals surface area contributed by atoms with Gasteiger partial charge in [0.25, 0.3) is 0 Å². The van der Waals surface area contributed by atoms with Crippen molar-refractivity contribution in [3.63, 3.8) is 0 Å². The Morgan fingerprint density at radius 1 is 0.966 bits per heavy atom. The van der Waals surface area contributed by atoms with Gasteiger partial charge in [-0.05, 0) is 12.8 Å². The molecule has 2 heterocycles. The lowest BCUT2D eigenvalue weighted by Crippen LogP contribution is -2.72. The van der Waals surface area contributed by atoms with Gasteiger partial charge in [-0.15, -0.1) is 0 Å². The summed E-state index contributed by atoms with van der Waals surface area (Å²) in [5, 5.41) is 9.42. The van der Waals surface area contributed by atoms with Crippen molar-refractivity contribution in [2.75, 3.05) is 19.8 Å². The van der Waals surface area contributed by atoms with Crippen LogP contribution in [0.3, 0.4) is 0 Å². The average molecular weight is 452 g/mol. The number of hydrogen-bond donors (Lipinski definition) is 1. The van der Waals surface area contributed by atoms with E-state index in [9.17, 15) is 49.0 Å². The van der Waals surface area contributed by atoms with Crippen LogP contribution in [-0.2, 0) is 14.2 Å². The van der Waals surface area contributed by atoms with Crippen LogP contribution in [0, 0.1) is 11.3 Å². The molecule has 3 unspecified atom stereocenters. The molecule has 4 nitrogen and oxygen atoms in total. The van der Waals surface area contributed by atoms with Crippen molar-refractivity contribution in [2.24, 2.45) is 11.3 Å². The maximum Gasteiger partial charge on any atom is 0.449 e. The number of alkyl halides is 10. The highest BCUT2D eigenvalue weighted by Crippen LogP contribution is 2.58. The van der Waals surface area contributed by atoms with E-state index in [0.717, 1.165) is 6.92 Å². The summed E-state index contributed by atoms with van der Waals surface area (Å²) in [6, 6.07) is 0. The summed E-state index contributed by atoms with van der Waals surface area (Å²) in [5.41, 5.74) is -3.14. The third kappa shape index (κ3) is 3.30. The van der Waals surface area contributed by atoms with E-state index in [2.05, 4.69) is 14.2 Å². The van der Waals surface area contributed by atoms with Crippen LogP contribution in [0.2, 0.25) is 0 Å². The summed E-state index contributed by atoms with van der Waals surface area (Å²) >= 11 is 0. The van der Waals surface area contributed by atoms with Gasteiger partial charge in [0, 0.05) is 5.92 Å². The van der Waals surface area contributed by atoms with Gasteiger partial charge in [-0.3, -0.25) is 0 Å². The molecule has 29 heavy (non-hydrogen) atoms. The van der Waals surface area contributed by atoms with E-state index in [1.807, 2.05) is 0 Å². The Labute approximate surface area is 158 Å². The fourth-order valence-electron chi connectivity index (χ4n) is 3.24. The van der Waals surface area contributed by atoms with Gasteiger partial charge >= 0.3 is 35.8 Å². The summed E-state index contributed by atoms with van der Waals surface area (Å²) < 4.78 is 150. The molecule has 0 saturated carbocycles. The molecule has 2 aliphatic rings. The van der Waals surface area contributed by atoms with Gasteiger partial charge in [0.15, 0.2) is 0 Å². The van der Waals surface area contributed by atoms with Crippen LogP contribution in [0.15, 0.2) is 0 Å². The molecule has 0 radical (unpaired) electrons. The van der Waals surface area contributed by atoms with Crippen LogP contribution < -0.4 is 0 Å². The predicted octanol–water partition coefficient (Wildman–Crippen LogP) is 4.27. The minimum Gasteiger partial charge on any atom is -0.354 e. The summed E-state index contributed by atoms with van der Waals surface area (Å²) in [6.45, 7) is -2.78. The lowest BCUT2D eigenvalue weighted by Gasteiger charge is -2.52. The molecule has 0 aliphatic carbocycles. The standard InChI is InChI=1S/C15H18F10O4/c1-8-3-5-28-13(10(8,16)17,15(23,24)25)29-7-9(2)4-6-27-12(26,11(9,18)19)14(20,21)22/h8,26H,3-7H2,1-2H3/t8-,9?,12?,13?/m0/s1. The highest BCUT2D eigenvalue weighted by molar-refractivity contribution is 5.06. The van der Waals surface area contributed by atoms with E-state index < -0.39 is 79.8 Å². The van der Waals surface area contributed by atoms with Crippen LogP contribution >= 0.6 is 0 Å². The van der Waals surface area contributed by atoms with Gasteiger partial charge in [-0.25, -0.2) is 0 Å². The highest BCUT2D eigenvalue weighted by Gasteiger charge is 2.80. The number of aliphatic hydroxyl groups is 1. The molecule has 1 N–H and O–H groups in total. The molecule has 4 atom stereocenters. The minimum absolute atomic E-state index is 0.376. The molecular weight excluding hydrogens is 434 g/mol. The zero-order chi connectivity index (χ0) is 22.7. The normalized spacial score (nSPS) is 40.7. The number of halogens is 10. The summed E-state index contributed by atoms with van der Waals surface area (Å²) in [6.07, 6.45) is -13.4. The third-order valence-corrected chi connectivity index (χ3v) is 5.41. The van der Waals surface area contributed by atoms with Crippen molar-refractivity contribution in [3.05, 3.63) is 0 Å². The van der Waals surface area contributed by atoms with Gasteiger partial charge < -0.3 is 19.3 Å². The summed E-state index contributed by atoms with van der Waals surface area (Å²) in [4.78, 5) is 0. The quantitative estimate of drug-likeness (QED) is 0.651. The largest absolute Gasteiger partial charge is 0.449 e. The van der Waals surface area contributed by atoms with E-state index in [1.165, 1.54) is 0 Å². The molecule has 172 valence electrons. The fourth-order valence-corrected chi connectivity index (χ4v) is 3.24. The molecule has 0 aromatic carbocycles. The first-order valence-electron chi connectivity index (χ1n) is 8.32. The molecule has 2 saturated heterocycles. The van der Waals surface area contributed by atoms with Crippen molar-refractivity contribution in [3.8, 4) is 0 Å². The minimum atomic E-state index is -6.03. The second kappa shape index (κ2) is 6.82. The molecule has 0 aromatic rings. The second-order valence-corrected chi connectivity index (χ2v) is 7.44. The van der Waals surface area contributed by atoms with Crippen molar-refractivity contribution >= 4 is 0 Å². The Bertz CT molecular complexity index is 621. The molecule has 2 rings (SSSR count). The molecule has 0 amide bonds. The maximum atomic E-state index is 14.6. The van der Waals surface area contributed by atoms with Crippen molar-refractivity contribution in [1.29, 1.82) is 0 Å². The van der Waals surface area contributed by atoms with E-state index in [-0.39, 0.29) is 0 Å². The third-order valence-electron chi connectivity index (χ3n) is 5.41. The first kappa shape index (κ1) is 24.4. The summed E-state index contributed by atoms with van der Waals surface area (Å²) in [7, 11) is 0. The molecule has 0 bridgehead atoms. The zero-order valence-electron chi connectivity index (χ0n) is 15.1. The maximum absolute atomic E-state index is 14.6. The first-order chi connectivity index (χ1) is 12.8. The van der Waals surface area contributed by atoms with Crippen LogP contribution in [0.5, 0.6) is 0 Å². The van der Waals surface area contributed by atoms with Gasteiger partial charge in [0.05, 0.1) is 25.2 Å². The molecule has 14 heteroatoms. The lowest BCUT2D eigenvalue weighted by atomic mass is 9.74. The second-order valence-electron chi connectivity index (χ2n) is 7.44. The molecular formula is C15H18F10O4. The van der Waals surface area contributed by atoms with E-state index in [1.54, 1.807) is 0 Å². The number of ether oxygens (including phenoxy) is 3. The Balaban J connectivity index is 2.43. The highest BCUT2D eigenvalue weighted by atomic mass is 19.4. The predicted molar refractivity (Wildman–Crippen MR) is 74.0 cm³/mol. The Hall–Kier alpha value is -0.860. The fraction of sp³-hybridized carbons (Fsp3) is 1.00. The van der Waals surface area contributed by atoms with Crippen LogP contribution in [0.4, 0.5) is 43.9 Å². The number of rotatable bonds is 3. The van der Waals surface area contributed by atoms with Gasteiger partial charge in [0.2, 0.25) is 0 Å². The Morgan fingerprint density at radius 2 is 1.52 bits per heavy atom. The van der Waals surface area contributed by atoms with Gasteiger partial charge in [-0.1, -0.05) is 13.8 Å². The van der Waals surface area contributed by atoms with E-state index in [4.69, 9.17) is 0 Å². The molecule has 0 aromatic heterocycles. The first-order valence-corrected chi connectivity index (χ1v) is 8.32. The van der Waals surface area contributed by atoms with E-state index in [0.29, 0.717) is 6.92 Å². The number of hydrogen-bond acceptors (Lipinski definition) is 4. The summed E-state index contributed by atoms with van der Waals surface area (Å²) in [5.74, 6) is -21.6. The average Bonchev–Trinajstić information content (AvgIpc) is 2.52. The van der Waals surface area contributed by atoms with Gasteiger partial charge in [0.1, 0.15) is 0 Å². The molecule has 2 fully saturated rings. The van der Waals surface area contributed by atoms with Crippen LogP contribution in [-0.4, -0.2) is 60.7 Å². The van der Waals surface area contributed by atoms with Crippen LogP contribution in [0.1, 0.15) is 26.7 Å². The molecule has 0 spiro atoms. The van der Waals surface area contributed by atoms with Crippen molar-refractivity contribution in [1.82, 2.24) is 0 Å². The smallest absolute Gasteiger partial charge is 0.354 e. The van der Waals surface area contributed by atoms with Gasteiger partial charge in [-0.2, -0.15) is 43.9 Å². The van der Waals surface area contributed by atoms with E-state index >= 15 is 0 Å². The monoisotopic (exact) mass is 452 g/mol. The zero-order valence-corrected chi connectivity index (χ0v) is 15.1.